The SMILES string of the molecule is Cc1ccc(Oc2ccccc2NC(=O)COc2cc(C)ccc2C)cc1. The van der Waals surface area contributed by atoms with Crippen LogP contribution in [0.2, 0.25) is 0 Å². The molecule has 0 saturated carbocycles. The molecule has 0 heterocycles. The topological polar surface area (TPSA) is 47.6 Å². The maximum absolute atomic E-state index is 12.3. The van der Waals surface area contributed by atoms with Crippen LogP contribution >= 0.6 is 0 Å². The van der Waals surface area contributed by atoms with Crippen molar-refractivity contribution in [2.75, 3.05) is 11.9 Å². The highest BCUT2D eigenvalue weighted by molar-refractivity contribution is 5.93. The van der Waals surface area contributed by atoms with E-state index in [1.54, 1.807) is 6.07 Å². The van der Waals surface area contributed by atoms with Crippen LogP contribution in [0.4, 0.5) is 5.69 Å². The number of hydrogen-bond donors (Lipinski definition) is 1. The average Bonchev–Trinajstić information content (AvgIpc) is 2.66. The summed E-state index contributed by atoms with van der Waals surface area (Å²) in [7, 11) is 0. The molecule has 0 aliphatic rings. The van der Waals surface area contributed by atoms with Crippen LogP contribution in [0.1, 0.15) is 16.7 Å². The molecule has 0 aromatic heterocycles. The monoisotopic (exact) mass is 361 g/mol. The third-order valence-electron chi connectivity index (χ3n) is 4.11. The highest BCUT2D eigenvalue weighted by Crippen LogP contribution is 2.29. The summed E-state index contributed by atoms with van der Waals surface area (Å²) >= 11 is 0. The largest absolute Gasteiger partial charge is 0.483 e. The first kappa shape index (κ1) is 18.5. The molecule has 0 bridgehead atoms. The number of hydrogen-bond acceptors (Lipinski definition) is 3. The molecule has 1 amide bonds. The van der Waals surface area contributed by atoms with Gasteiger partial charge in [-0.05, 0) is 62.2 Å². The van der Waals surface area contributed by atoms with Gasteiger partial charge in [-0.15, -0.1) is 0 Å². The molecule has 0 saturated heterocycles. The van der Waals surface area contributed by atoms with Crippen molar-refractivity contribution in [1.82, 2.24) is 0 Å². The van der Waals surface area contributed by atoms with E-state index in [-0.39, 0.29) is 12.5 Å². The minimum atomic E-state index is -0.240. The number of aryl methyl sites for hydroxylation is 3. The Kier molecular flexibility index (Phi) is 5.77. The highest BCUT2D eigenvalue weighted by Gasteiger charge is 2.10. The van der Waals surface area contributed by atoms with Gasteiger partial charge < -0.3 is 14.8 Å². The van der Waals surface area contributed by atoms with Crippen molar-refractivity contribution in [3.8, 4) is 17.2 Å². The van der Waals surface area contributed by atoms with Crippen molar-refractivity contribution in [3.63, 3.8) is 0 Å². The Morgan fingerprint density at radius 1 is 0.852 bits per heavy atom. The lowest BCUT2D eigenvalue weighted by atomic mass is 10.1. The highest BCUT2D eigenvalue weighted by atomic mass is 16.5. The van der Waals surface area contributed by atoms with E-state index in [1.165, 1.54) is 0 Å². The molecule has 0 fully saturated rings. The van der Waals surface area contributed by atoms with E-state index in [4.69, 9.17) is 9.47 Å². The van der Waals surface area contributed by atoms with E-state index in [2.05, 4.69) is 5.32 Å². The first-order valence-corrected chi connectivity index (χ1v) is 8.85. The number of rotatable bonds is 6. The molecule has 0 unspecified atom stereocenters. The Balaban J connectivity index is 1.65. The zero-order chi connectivity index (χ0) is 19.2. The Labute approximate surface area is 159 Å². The van der Waals surface area contributed by atoms with Crippen LogP contribution in [0.5, 0.6) is 17.2 Å². The fourth-order valence-corrected chi connectivity index (χ4v) is 2.58. The molecule has 0 atom stereocenters. The van der Waals surface area contributed by atoms with Gasteiger partial charge >= 0.3 is 0 Å². The Morgan fingerprint density at radius 2 is 1.56 bits per heavy atom. The van der Waals surface area contributed by atoms with Crippen LogP contribution < -0.4 is 14.8 Å². The second-order valence-corrected chi connectivity index (χ2v) is 6.52. The van der Waals surface area contributed by atoms with Crippen LogP contribution in [-0.2, 0) is 4.79 Å². The van der Waals surface area contributed by atoms with Crippen molar-refractivity contribution >= 4 is 11.6 Å². The quantitative estimate of drug-likeness (QED) is 0.637. The maximum atomic E-state index is 12.3. The molecule has 1 N–H and O–H groups in total. The third kappa shape index (κ3) is 5.11. The summed E-state index contributed by atoms with van der Waals surface area (Å²) in [5, 5.41) is 2.86. The Morgan fingerprint density at radius 3 is 2.33 bits per heavy atom. The first-order chi connectivity index (χ1) is 13.0. The van der Waals surface area contributed by atoms with Gasteiger partial charge in [0.25, 0.3) is 5.91 Å². The van der Waals surface area contributed by atoms with E-state index < -0.39 is 0 Å². The molecule has 4 nitrogen and oxygen atoms in total. The summed E-state index contributed by atoms with van der Waals surface area (Å²) in [6, 6.07) is 21.0. The number of para-hydroxylation sites is 2. The summed E-state index contributed by atoms with van der Waals surface area (Å²) in [5.74, 6) is 1.78. The molecular formula is C23H23NO3. The number of benzene rings is 3. The van der Waals surface area contributed by atoms with Crippen LogP contribution in [0.15, 0.2) is 66.7 Å². The van der Waals surface area contributed by atoms with Crippen LogP contribution in [0.25, 0.3) is 0 Å². The summed E-state index contributed by atoms with van der Waals surface area (Å²) in [6.07, 6.45) is 0. The van der Waals surface area contributed by atoms with Gasteiger partial charge in [0.2, 0.25) is 0 Å². The molecular weight excluding hydrogens is 338 g/mol. The maximum Gasteiger partial charge on any atom is 0.262 e. The van der Waals surface area contributed by atoms with E-state index in [0.717, 1.165) is 16.7 Å². The molecule has 3 rings (SSSR count). The molecule has 0 aliphatic heterocycles. The van der Waals surface area contributed by atoms with Gasteiger partial charge in [0, 0.05) is 0 Å². The van der Waals surface area contributed by atoms with Crippen molar-refractivity contribution in [1.29, 1.82) is 0 Å². The average molecular weight is 361 g/mol. The second-order valence-electron chi connectivity index (χ2n) is 6.52. The van der Waals surface area contributed by atoms with Crippen molar-refractivity contribution in [2.45, 2.75) is 20.8 Å². The van der Waals surface area contributed by atoms with Crippen molar-refractivity contribution in [2.24, 2.45) is 0 Å². The third-order valence-corrected chi connectivity index (χ3v) is 4.11. The number of nitrogens with one attached hydrogen (secondary N) is 1. The number of anilines is 1. The van der Waals surface area contributed by atoms with Crippen LogP contribution in [0, 0.1) is 20.8 Å². The lowest BCUT2D eigenvalue weighted by Gasteiger charge is -2.13. The smallest absolute Gasteiger partial charge is 0.262 e. The lowest BCUT2D eigenvalue weighted by Crippen LogP contribution is -2.20. The van der Waals surface area contributed by atoms with Gasteiger partial charge in [-0.2, -0.15) is 0 Å². The Bertz CT molecular complexity index is 933. The van der Waals surface area contributed by atoms with Gasteiger partial charge in [-0.3, -0.25) is 4.79 Å². The molecule has 4 heteroatoms. The number of ether oxygens (including phenoxy) is 2. The fraction of sp³-hybridized carbons (Fsp3) is 0.174. The summed E-state index contributed by atoms with van der Waals surface area (Å²) in [5.41, 5.74) is 3.85. The minimum absolute atomic E-state index is 0.0663. The van der Waals surface area contributed by atoms with Gasteiger partial charge in [-0.1, -0.05) is 42.0 Å². The summed E-state index contributed by atoms with van der Waals surface area (Å²) in [4.78, 5) is 12.3. The fourth-order valence-electron chi connectivity index (χ4n) is 2.58. The molecule has 0 aliphatic carbocycles. The van der Waals surface area contributed by atoms with Crippen LogP contribution in [0.3, 0.4) is 0 Å². The first-order valence-electron chi connectivity index (χ1n) is 8.85. The second kappa shape index (κ2) is 8.41. The zero-order valence-electron chi connectivity index (χ0n) is 15.8. The van der Waals surface area contributed by atoms with E-state index in [9.17, 15) is 4.79 Å². The molecule has 27 heavy (non-hydrogen) atoms. The van der Waals surface area contributed by atoms with Crippen molar-refractivity contribution < 1.29 is 14.3 Å². The molecule has 0 spiro atoms. The molecule has 0 radical (unpaired) electrons. The predicted octanol–water partition coefficient (Wildman–Crippen LogP) is 5.42. The predicted molar refractivity (Wildman–Crippen MR) is 108 cm³/mol. The van der Waals surface area contributed by atoms with Crippen molar-refractivity contribution in [3.05, 3.63) is 83.4 Å². The summed E-state index contributed by atoms with van der Waals surface area (Å²) in [6.45, 7) is 5.90. The summed E-state index contributed by atoms with van der Waals surface area (Å²) < 4.78 is 11.6. The number of carbonyl (C=O) groups excluding carboxylic acids is 1. The Hall–Kier alpha value is -3.27. The van der Waals surface area contributed by atoms with Gasteiger partial charge in [0.15, 0.2) is 12.4 Å². The normalized spacial score (nSPS) is 10.3. The number of amides is 1. The van der Waals surface area contributed by atoms with Crippen LogP contribution in [-0.4, -0.2) is 12.5 Å². The molecule has 3 aromatic carbocycles. The number of carbonyl (C=O) groups is 1. The minimum Gasteiger partial charge on any atom is -0.483 e. The van der Waals surface area contributed by atoms with E-state index in [1.807, 2.05) is 81.4 Å². The lowest BCUT2D eigenvalue weighted by molar-refractivity contribution is -0.118. The zero-order valence-corrected chi connectivity index (χ0v) is 15.8. The van der Waals surface area contributed by atoms with E-state index >= 15 is 0 Å². The standard InChI is InChI=1S/C23H23NO3/c1-16-9-12-19(13-10-16)27-21-7-5-4-6-20(21)24-23(25)15-26-22-14-17(2)8-11-18(22)3/h4-14H,15H2,1-3H3,(H,24,25). The van der Waals surface area contributed by atoms with Gasteiger partial charge in [0.05, 0.1) is 5.69 Å². The molecule has 3 aromatic rings. The van der Waals surface area contributed by atoms with Gasteiger partial charge in [0.1, 0.15) is 11.5 Å². The molecule has 138 valence electrons. The van der Waals surface area contributed by atoms with E-state index in [0.29, 0.717) is 22.9 Å². The van der Waals surface area contributed by atoms with Gasteiger partial charge in [-0.25, -0.2) is 0 Å².